The first-order chi connectivity index (χ1) is 10.8. The Labute approximate surface area is 124 Å². The molecule has 0 atom stereocenters. The average molecular weight is 335 g/mol. The van der Waals surface area contributed by atoms with Crippen LogP contribution in [0.5, 0.6) is 0 Å². The number of nitrogens with one attached hydrogen (secondary N) is 1. The van der Waals surface area contributed by atoms with Gasteiger partial charge in [0.25, 0.3) is 0 Å². The van der Waals surface area contributed by atoms with Crippen LogP contribution < -0.4 is 5.43 Å². The number of hydrogen-bond donors (Lipinski definition) is 1. The van der Waals surface area contributed by atoms with E-state index in [1.165, 1.54) is 7.05 Å². The Bertz CT molecular complexity index is 791. The Morgan fingerprint density at radius 3 is 2.17 bits per heavy atom. The third-order valence-electron chi connectivity index (χ3n) is 2.75. The van der Waals surface area contributed by atoms with Gasteiger partial charge in [-0.25, -0.2) is 26.5 Å². The standard InChI is InChI=1S/C11H6F5N5O2/c1-20-4(2-17-11(20)21(22)23)3-18-19-10-8(15)6(13)5(12)7(14)9(10)16/h2-3,19H,1H3. The van der Waals surface area contributed by atoms with Gasteiger partial charge in [0.2, 0.25) is 5.82 Å². The largest absolute Gasteiger partial charge is 0.434 e. The third-order valence-corrected chi connectivity index (χ3v) is 2.75. The van der Waals surface area contributed by atoms with E-state index in [9.17, 15) is 32.1 Å². The average Bonchev–Trinajstić information content (AvgIpc) is 2.88. The van der Waals surface area contributed by atoms with Gasteiger partial charge in [-0.05, 0) is 4.92 Å². The van der Waals surface area contributed by atoms with E-state index in [-0.39, 0.29) is 5.69 Å². The minimum Gasteiger partial charge on any atom is -0.390 e. The molecule has 0 unspecified atom stereocenters. The summed E-state index contributed by atoms with van der Waals surface area (Å²) < 4.78 is 66.5. The number of halogens is 5. The van der Waals surface area contributed by atoms with E-state index < -0.39 is 45.6 Å². The van der Waals surface area contributed by atoms with E-state index in [2.05, 4.69) is 10.1 Å². The van der Waals surface area contributed by atoms with Crippen molar-refractivity contribution in [1.29, 1.82) is 0 Å². The van der Waals surface area contributed by atoms with E-state index in [1.807, 2.05) is 0 Å². The molecule has 1 aromatic heterocycles. The van der Waals surface area contributed by atoms with Crippen molar-refractivity contribution in [3.8, 4) is 0 Å². The number of nitrogens with zero attached hydrogens (tertiary/aromatic N) is 4. The Kier molecular flexibility index (Phi) is 4.24. The molecule has 0 aliphatic heterocycles. The van der Waals surface area contributed by atoms with Gasteiger partial charge in [0.05, 0.1) is 13.3 Å². The molecule has 2 rings (SSSR count). The van der Waals surface area contributed by atoms with E-state index in [0.29, 0.717) is 0 Å². The van der Waals surface area contributed by atoms with Crippen molar-refractivity contribution in [3.05, 3.63) is 51.1 Å². The number of aromatic nitrogens is 2. The molecule has 0 amide bonds. The minimum atomic E-state index is -2.29. The number of benzene rings is 1. The molecule has 0 aliphatic rings. The highest BCUT2D eigenvalue weighted by atomic mass is 19.2. The lowest BCUT2D eigenvalue weighted by atomic mass is 10.2. The van der Waals surface area contributed by atoms with Gasteiger partial charge in [0.1, 0.15) is 11.9 Å². The molecule has 0 bridgehead atoms. The van der Waals surface area contributed by atoms with Gasteiger partial charge in [-0.15, -0.1) is 0 Å². The second kappa shape index (κ2) is 5.98. The van der Waals surface area contributed by atoms with E-state index >= 15 is 0 Å². The first-order valence-electron chi connectivity index (χ1n) is 5.72. The molecular formula is C11H6F5N5O2. The van der Waals surface area contributed by atoms with Crippen LogP contribution in [0.3, 0.4) is 0 Å². The molecule has 23 heavy (non-hydrogen) atoms. The second-order valence-electron chi connectivity index (χ2n) is 4.11. The summed E-state index contributed by atoms with van der Waals surface area (Å²) in [6.45, 7) is 0. The first-order valence-corrected chi connectivity index (χ1v) is 5.72. The Balaban J connectivity index is 2.30. The van der Waals surface area contributed by atoms with Crippen molar-refractivity contribution in [3.63, 3.8) is 0 Å². The van der Waals surface area contributed by atoms with Crippen molar-refractivity contribution in [2.45, 2.75) is 0 Å². The molecule has 1 N–H and O–H groups in total. The first kappa shape index (κ1) is 16.3. The summed E-state index contributed by atoms with van der Waals surface area (Å²) in [5.74, 6) is -11.3. The van der Waals surface area contributed by atoms with Crippen LogP contribution in [0.2, 0.25) is 0 Å². The van der Waals surface area contributed by atoms with E-state index in [1.54, 1.807) is 5.43 Å². The fraction of sp³-hybridized carbons (Fsp3) is 0.0909. The number of rotatable bonds is 4. The third kappa shape index (κ3) is 2.82. The van der Waals surface area contributed by atoms with Crippen LogP contribution in [0.1, 0.15) is 5.69 Å². The quantitative estimate of drug-likeness (QED) is 0.232. The molecule has 0 saturated heterocycles. The SMILES string of the molecule is Cn1c(C=NNc2c(F)c(F)c(F)c(F)c2F)cnc1[N+](=O)[O-]. The van der Waals surface area contributed by atoms with Gasteiger partial charge < -0.3 is 10.1 Å². The molecule has 12 heteroatoms. The highest BCUT2D eigenvalue weighted by molar-refractivity contribution is 5.78. The zero-order valence-electron chi connectivity index (χ0n) is 11.1. The normalized spacial score (nSPS) is 11.2. The van der Waals surface area contributed by atoms with Crippen LogP contribution >= 0.6 is 0 Å². The number of nitro groups is 1. The number of hydrazone groups is 1. The van der Waals surface area contributed by atoms with Crippen molar-refractivity contribution in [1.82, 2.24) is 9.55 Å². The topological polar surface area (TPSA) is 85.3 Å². The molecule has 0 spiro atoms. The van der Waals surface area contributed by atoms with Crippen molar-refractivity contribution >= 4 is 17.9 Å². The lowest BCUT2D eigenvalue weighted by molar-refractivity contribution is -0.396. The number of anilines is 1. The number of imidazole rings is 1. The van der Waals surface area contributed by atoms with Crippen LogP contribution in [0.15, 0.2) is 11.3 Å². The monoisotopic (exact) mass is 335 g/mol. The van der Waals surface area contributed by atoms with Gasteiger partial charge >= 0.3 is 5.95 Å². The van der Waals surface area contributed by atoms with Crippen LogP contribution in [-0.4, -0.2) is 20.7 Å². The molecule has 1 heterocycles. The zero-order chi connectivity index (χ0) is 17.3. The van der Waals surface area contributed by atoms with Gasteiger partial charge in [-0.3, -0.25) is 5.43 Å². The Morgan fingerprint density at radius 1 is 1.17 bits per heavy atom. The summed E-state index contributed by atoms with van der Waals surface area (Å²) in [5.41, 5.74) is 0.363. The maximum absolute atomic E-state index is 13.4. The zero-order valence-corrected chi connectivity index (χ0v) is 11.1. The number of hydrogen-bond acceptors (Lipinski definition) is 5. The highest BCUT2D eigenvalue weighted by Gasteiger charge is 2.25. The van der Waals surface area contributed by atoms with Crippen LogP contribution in [-0.2, 0) is 7.05 Å². The lowest BCUT2D eigenvalue weighted by Crippen LogP contribution is -2.07. The Morgan fingerprint density at radius 2 is 1.70 bits per heavy atom. The molecule has 122 valence electrons. The maximum Gasteiger partial charge on any atom is 0.434 e. The molecule has 2 aromatic rings. The fourth-order valence-electron chi connectivity index (χ4n) is 1.57. The minimum absolute atomic E-state index is 0.0491. The highest BCUT2D eigenvalue weighted by Crippen LogP contribution is 2.27. The summed E-state index contributed by atoms with van der Waals surface area (Å²) in [6, 6.07) is 0. The van der Waals surface area contributed by atoms with Crippen molar-refractivity contribution in [2.24, 2.45) is 12.1 Å². The molecular weight excluding hydrogens is 329 g/mol. The van der Waals surface area contributed by atoms with Crippen LogP contribution in [0, 0.1) is 39.2 Å². The molecule has 0 fully saturated rings. The molecule has 0 aliphatic carbocycles. The predicted octanol–water partition coefficient (Wildman–Crippen LogP) is 2.47. The second-order valence-corrected chi connectivity index (χ2v) is 4.11. The molecule has 0 radical (unpaired) electrons. The Hall–Kier alpha value is -3.05. The fourth-order valence-corrected chi connectivity index (χ4v) is 1.57. The summed E-state index contributed by atoms with van der Waals surface area (Å²) in [6.07, 6.45) is 1.89. The smallest absolute Gasteiger partial charge is 0.390 e. The van der Waals surface area contributed by atoms with Crippen molar-refractivity contribution < 1.29 is 26.9 Å². The van der Waals surface area contributed by atoms with Gasteiger partial charge in [0, 0.05) is 0 Å². The summed E-state index contributed by atoms with van der Waals surface area (Å²) in [5, 5.41) is 13.9. The summed E-state index contributed by atoms with van der Waals surface area (Å²) >= 11 is 0. The van der Waals surface area contributed by atoms with Crippen LogP contribution in [0.25, 0.3) is 0 Å². The lowest BCUT2D eigenvalue weighted by Gasteiger charge is -2.06. The predicted molar refractivity (Wildman–Crippen MR) is 67.3 cm³/mol. The summed E-state index contributed by atoms with van der Waals surface area (Å²) in [4.78, 5) is 13.2. The van der Waals surface area contributed by atoms with Crippen molar-refractivity contribution in [2.75, 3.05) is 5.43 Å². The van der Waals surface area contributed by atoms with Gasteiger partial charge in [0.15, 0.2) is 29.0 Å². The summed E-state index contributed by atoms with van der Waals surface area (Å²) in [7, 11) is 1.27. The van der Waals surface area contributed by atoms with Gasteiger partial charge in [-0.1, -0.05) is 4.98 Å². The van der Waals surface area contributed by atoms with E-state index in [0.717, 1.165) is 17.0 Å². The van der Waals surface area contributed by atoms with Crippen LogP contribution in [0.4, 0.5) is 33.6 Å². The molecule has 1 aromatic carbocycles. The maximum atomic E-state index is 13.4. The van der Waals surface area contributed by atoms with Gasteiger partial charge in [-0.2, -0.15) is 5.10 Å². The molecule has 0 saturated carbocycles. The van der Waals surface area contributed by atoms with E-state index in [4.69, 9.17) is 0 Å². The molecule has 7 nitrogen and oxygen atoms in total.